The zero-order valence-electron chi connectivity index (χ0n) is 15.0. The van der Waals surface area contributed by atoms with Crippen LogP contribution in [0.15, 0.2) is 41.1 Å². The van der Waals surface area contributed by atoms with E-state index in [1.165, 1.54) is 21.0 Å². The van der Waals surface area contributed by atoms with E-state index in [1.54, 1.807) is 18.3 Å². The van der Waals surface area contributed by atoms with E-state index in [9.17, 15) is 13.2 Å². The third kappa shape index (κ3) is 4.82. The number of carbonyl (C=O) groups excluding carboxylic acids is 1. The van der Waals surface area contributed by atoms with Gasteiger partial charge in [0.05, 0.1) is 24.0 Å². The summed E-state index contributed by atoms with van der Waals surface area (Å²) in [5, 5.41) is 0. The first-order valence-corrected chi connectivity index (χ1v) is 10.3. The Morgan fingerprint density at radius 3 is 2.58 bits per heavy atom. The summed E-state index contributed by atoms with van der Waals surface area (Å²) in [6.07, 6.45) is 1.64. The Hall–Kier alpha value is -1.93. The number of aromatic nitrogens is 1. The summed E-state index contributed by atoms with van der Waals surface area (Å²) >= 11 is 3.40. The second kappa shape index (κ2) is 7.75. The summed E-state index contributed by atoms with van der Waals surface area (Å²) in [7, 11) is -2.55. The van der Waals surface area contributed by atoms with Crippen LogP contribution < -0.4 is 4.72 Å². The summed E-state index contributed by atoms with van der Waals surface area (Å²) in [5.74, 6) is -0.976. The lowest BCUT2D eigenvalue weighted by molar-refractivity contribution is -0.149. The smallest absolute Gasteiger partial charge is 0.312 e. The SMILES string of the molecule is COC(=O)C(C)(C)CS(=O)(=O)Nc1ccc(C)cc1-c1cccnc1Br. The molecule has 0 unspecified atom stereocenters. The van der Waals surface area contributed by atoms with Crippen LogP contribution in [0.5, 0.6) is 0 Å². The molecule has 0 aliphatic carbocycles. The maximum Gasteiger partial charge on any atom is 0.312 e. The van der Waals surface area contributed by atoms with E-state index in [-0.39, 0.29) is 0 Å². The zero-order chi connectivity index (χ0) is 19.5. The standard InChI is InChI=1S/C18H21BrN2O4S/c1-12-7-8-15(14(10-12)13-6-5-9-20-16(13)19)21-26(23,24)11-18(2,3)17(22)25-4/h5-10,21H,11H2,1-4H3. The number of ether oxygens (including phenoxy) is 1. The van der Waals surface area contributed by atoms with Crippen LogP contribution in [-0.2, 0) is 19.6 Å². The number of benzene rings is 1. The highest BCUT2D eigenvalue weighted by Gasteiger charge is 2.34. The van der Waals surface area contributed by atoms with Gasteiger partial charge in [0.2, 0.25) is 10.0 Å². The number of rotatable bonds is 6. The van der Waals surface area contributed by atoms with E-state index in [0.29, 0.717) is 15.9 Å². The van der Waals surface area contributed by atoms with Crippen molar-refractivity contribution in [3.05, 3.63) is 46.7 Å². The molecule has 0 radical (unpaired) electrons. The van der Waals surface area contributed by atoms with Gasteiger partial charge in [-0.1, -0.05) is 17.7 Å². The first-order chi connectivity index (χ1) is 12.1. The van der Waals surface area contributed by atoms with Crippen LogP contribution in [0.25, 0.3) is 11.1 Å². The molecule has 1 N–H and O–H groups in total. The van der Waals surface area contributed by atoms with E-state index in [0.717, 1.165) is 11.1 Å². The first-order valence-electron chi connectivity index (χ1n) is 7.86. The van der Waals surface area contributed by atoms with Crippen molar-refractivity contribution < 1.29 is 17.9 Å². The van der Waals surface area contributed by atoms with Gasteiger partial charge in [0.25, 0.3) is 0 Å². The van der Waals surface area contributed by atoms with Crippen LogP contribution in [0.4, 0.5) is 5.69 Å². The van der Waals surface area contributed by atoms with Gasteiger partial charge in [0, 0.05) is 17.3 Å². The lowest BCUT2D eigenvalue weighted by Crippen LogP contribution is -2.35. The van der Waals surface area contributed by atoms with Gasteiger partial charge in [0.15, 0.2) is 0 Å². The van der Waals surface area contributed by atoms with E-state index >= 15 is 0 Å². The topological polar surface area (TPSA) is 85.4 Å². The Bertz CT molecular complexity index is 927. The van der Waals surface area contributed by atoms with E-state index in [4.69, 9.17) is 0 Å². The Morgan fingerprint density at radius 2 is 1.96 bits per heavy atom. The average molecular weight is 441 g/mol. The van der Waals surface area contributed by atoms with E-state index in [2.05, 4.69) is 30.4 Å². The lowest BCUT2D eigenvalue weighted by Gasteiger charge is -2.22. The van der Waals surface area contributed by atoms with Gasteiger partial charge in [-0.05, 0) is 54.9 Å². The maximum atomic E-state index is 12.6. The van der Waals surface area contributed by atoms with Crippen molar-refractivity contribution in [2.24, 2.45) is 5.41 Å². The molecule has 6 nitrogen and oxygen atoms in total. The minimum atomic E-state index is -3.79. The van der Waals surface area contributed by atoms with Crippen LogP contribution in [-0.4, -0.2) is 32.2 Å². The quantitative estimate of drug-likeness (QED) is 0.545. The minimum absolute atomic E-state index is 0.395. The number of aryl methyl sites for hydroxylation is 1. The minimum Gasteiger partial charge on any atom is -0.469 e. The molecule has 26 heavy (non-hydrogen) atoms. The molecule has 8 heteroatoms. The normalized spacial score (nSPS) is 11.9. The highest BCUT2D eigenvalue weighted by molar-refractivity contribution is 9.10. The first kappa shape index (κ1) is 20.4. The number of hydrogen-bond acceptors (Lipinski definition) is 5. The second-order valence-corrected chi connectivity index (χ2v) is 9.10. The van der Waals surface area contributed by atoms with Gasteiger partial charge in [-0.3, -0.25) is 9.52 Å². The molecular formula is C18H21BrN2O4S. The average Bonchev–Trinajstić information content (AvgIpc) is 2.55. The van der Waals surface area contributed by atoms with Gasteiger partial charge >= 0.3 is 5.97 Å². The molecule has 0 aliphatic heterocycles. The van der Waals surface area contributed by atoms with Crippen LogP contribution in [0.1, 0.15) is 19.4 Å². The number of methoxy groups -OCH3 is 1. The maximum absolute atomic E-state index is 12.6. The van der Waals surface area contributed by atoms with Gasteiger partial charge in [-0.2, -0.15) is 0 Å². The fourth-order valence-corrected chi connectivity index (χ4v) is 4.69. The number of carbonyl (C=O) groups is 1. The predicted octanol–water partition coefficient (Wildman–Crippen LogP) is 3.76. The van der Waals surface area contributed by atoms with Crippen molar-refractivity contribution in [2.75, 3.05) is 17.6 Å². The molecule has 0 bridgehead atoms. The molecule has 0 amide bonds. The number of pyridine rings is 1. The summed E-state index contributed by atoms with van der Waals surface area (Å²) in [4.78, 5) is 16.0. The van der Waals surface area contributed by atoms with Crippen LogP contribution in [0.2, 0.25) is 0 Å². The molecule has 140 valence electrons. The number of anilines is 1. The number of esters is 1. The van der Waals surface area contributed by atoms with Gasteiger partial charge < -0.3 is 4.74 Å². The van der Waals surface area contributed by atoms with Crippen molar-refractivity contribution in [1.29, 1.82) is 0 Å². The Kier molecular flexibility index (Phi) is 6.08. The molecule has 0 atom stereocenters. The predicted molar refractivity (Wildman–Crippen MR) is 105 cm³/mol. The molecule has 2 rings (SSSR count). The highest BCUT2D eigenvalue weighted by atomic mass is 79.9. The van der Waals surface area contributed by atoms with Gasteiger partial charge in [-0.25, -0.2) is 13.4 Å². The molecule has 1 aromatic heterocycles. The number of nitrogens with zero attached hydrogens (tertiary/aromatic N) is 1. The molecule has 0 fully saturated rings. The lowest BCUT2D eigenvalue weighted by atomic mass is 9.97. The number of sulfonamides is 1. The van der Waals surface area contributed by atoms with Gasteiger partial charge in [-0.15, -0.1) is 0 Å². The summed E-state index contributed by atoms with van der Waals surface area (Å²) in [5.41, 5.74) is 1.70. The number of hydrogen-bond donors (Lipinski definition) is 1. The summed E-state index contributed by atoms with van der Waals surface area (Å²) in [6.45, 7) is 4.99. The summed E-state index contributed by atoms with van der Waals surface area (Å²) in [6, 6.07) is 9.03. The number of nitrogens with one attached hydrogen (secondary N) is 1. The zero-order valence-corrected chi connectivity index (χ0v) is 17.4. The van der Waals surface area contributed by atoms with Gasteiger partial charge in [0.1, 0.15) is 4.60 Å². The molecule has 0 spiro atoms. The van der Waals surface area contributed by atoms with Crippen molar-refractivity contribution in [3.8, 4) is 11.1 Å². The van der Waals surface area contributed by atoms with E-state index < -0.39 is 27.2 Å². The van der Waals surface area contributed by atoms with Crippen molar-refractivity contribution in [2.45, 2.75) is 20.8 Å². The molecule has 2 aromatic rings. The molecular weight excluding hydrogens is 420 g/mol. The molecule has 0 aliphatic rings. The van der Waals surface area contributed by atoms with E-state index in [1.807, 2.05) is 25.1 Å². The van der Waals surface area contributed by atoms with Crippen molar-refractivity contribution in [3.63, 3.8) is 0 Å². The van der Waals surface area contributed by atoms with Crippen molar-refractivity contribution in [1.82, 2.24) is 4.98 Å². The largest absolute Gasteiger partial charge is 0.469 e. The summed E-state index contributed by atoms with van der Waals surface area (Å²) < 4.78 is 33.2. The fourth-order valence-electron chi connectivity index (χ4n) is 2.57. The Labute approximate surface area is 162 Å². The highest BCUT2D eigenvalue weighted by Crippen LogP contribution is 2.34. The molecule has 1 aromatic carbocycles. The van der Waals surface area contributed by atoms with Crippen LogP contribution >= 0.6 is 15.9 Å². The fraction of sp³-hybridized carbons (Fsp3) is 0.333. The molecule has 1 heterocycles. The third-order valence-electron chi connectivity index (χ3n) is 3.78. The third-order valence-corrected chi connectivity index (χ3v) is 6.04. The molecule has 0 saturated heterocycles. The monoisotopic (exact) mass is 440 g/mol. The Balaban J connectivity index is 2.41. The van der Waals surface area contributed by atoms with Crippen molar-refractivity contribution >= 4 is 37.6 Å². The second-order valence-electron chi connectivity index (χ2n) is 6.63. The van der Waals surface area contributed by atoms with Crippen LogP contribution in [0.3, 0.4) is 0 Å². The van der Waals surface area contributed by atoms with Crippen LogP contribution in [0, 0.1) is 12.3 Å². The number of halogens is 1. The Morgan fingerprint density at radius 1 is 1.27 bits per heavy atom. The molecule has 0 saturated carbocycles.